The lowest BCUT2D eigenvalue weighted by Crippen LogP contribution is -2.40. The van der Waals surface area contributed by atoms with Crippen molar-refractivity contribution in [3.63, 3.8) is 0 Å². The summed E-state index contributed by atoms with van der Waals surface area (Å²) < 4.78 is 11.4. The molecule has 2 fully saturated rings. The fraction of sp³-hybridized carbons (Fsp3) is 1.00. The van der Waals surface area contributed by atoms with Gasteiger partial charge >= 0.3 is 0 Å². The molecular weight excluding hydrogens is 228 g/mol. The molecule has 0 bridgehead atoms. The van der Waals surface area contributed by atoms with Crippen molar-refractivity contribution in [3.05, 3.63) is 0 Å². The smallest absolute Gasteiger partial charge is 0.157 e. The van der Waals surface area contributed by atoms with Gasteiger partial charge in [0, 0.05) is 25.7 Å². The van der Waals surface area contributed by atoms with Crippen molar-refractivity contribution >= 4 is 0 Å². The highest BCUT2D eigenvalue weighted by molar-refractivity contribution is 4.80. The quantitative estimate of drug-likeness (QED) is 0.750. The van der Waals surface area contributed by atoms with Crippen LogP contribution in [0.3, 0.4) is 0 Å². The van der Waals surface area contributed by atoms with Crippen molar-refractivity contribution in [1.29, 1.82) is 0 Å². The van der Waals surface area contributed by atoms with Gasteiger partial charge in [0.1, 0.15) is 0 Å². The number of nitrogens with one attached hydrogen (secondary N) is 1. The summed E-state index contributed by atoms with van der Waals surface area (Å²) >= 11 is 0. The summed E-state index contributed by atoms with van der Waals surface area (Å²) in [4.78, 5) is 2.57. The third-order valence-corrected chi connectivity index (χ3v) is 3.88. The first-order valence-electron chi connectivity index (χ1n) is 7.58. The fourth-order valence-electron chi connectivity index (χ4n) is 2.86. The average Bonchev–Trinajstić information content (AvgIpc) is 2.93. The maximum Gasteiger partial charge on any atom is 0.157 e. The standard InChI is InChI=1S/C14H28N2O2/c1-2-8-16(13-6-7-15-12-13)9-11-18-14-5-3-4-10-17-14/h13-15H,2-12H2,1H3. The van der Waals surface area contributed by atoms with E-state index in [9.17, 15) is 0 Å². The van der Waals surface area contributed by atoms with E-state index in [2.05, 4.69) is 17.1 Å². The van der Waals surface area contributed by atoms with Crippen molar-refractivity contribution < 1.29 is 9.47 Å². The van der Waals surface area contributed by atoms with Crippen molar-refractivity contribution in [3.8, 4) is 0 Å². The van der Waals surface area contributed by atoms with Crippen LogP contribution in [-0.2, 0) is 9.47 Å². The lowest BCUT2D eigenvalue weighted by Gasteiger charge is -2.29. The van der Waals surface area contributed by atoms with Gasteiger partial charge in [-0.05, 0) is 45.2 Å². The second-order valence-electron chi connectivity index (χ2n) is 5.35. The molecule has 0 spiro atoms. The second-order valence-corrected chi connectivity index (χ2v) is 5.35. The SMILES string of the molecule is CCCN(CCOC1CCCCO1)C1CCNC1. The molecule has 1 N–H and O–H groups in total. The van der Waals surface area contributed by atoms with Gasteiger partial charge in [-0.2, -0.15) is 0 Å². The van der Waals surface area contributed by atoms with Crippen LogP contribution in [-0.4, -0.2) is 56.6 Å². The average molecular weight is 256 g/mol. The summed E-state index contributed by atoms with van der Waals surface area (Å²) in [6, 6.07) is 0.709. The topological polar surface area (TPSA) is 33.7 Å². The van der Waals surface area contributed by atoms with Crippen molar-refractivity contribution in [1.82, 2.24) is 10.2 Å². The second kappa shape index (κ2) is 8.10. The van der Waals surface area contributed by atoms with Gasteiger partial charge in [-0.15, -0.1) is 0 Å². The minimum absolute atomic E-state index is 0.0592. The van der Waals surface area contributed by atoms with Gasteiger partial charge in [-0.1, -0.05) is 6.92 Å². The molecule has 2 aliphatic heterocycles. The number of nitrogens with zero attached hydrogens (tertiary/aromatic N) is 1. The van der Waals surface area contributed by atoms with E-state index in [0.29, 0.717) is 6.04 Å². The highest BCUT2D eigenvalue weighted by Gasteiger charge is 2.22. The van der Waals surface area contributed by atoms with Crippen molar-refractivity contribution in [2.24, 2.45) is 0 Å². The first-order chi connectivity index (χ1) is 8.90. The highest BCUT2D eigenvalue weighted by Crippen LogP contribution is 2.14. The van der Waals surface area contributed by atoms with Crippen molar-refractivity contribution in [2.75, 3.05) is 39.4 Å². The van der Waals surface area contributed by atoms with E-state index in [0.717, 1.165) is 39.3 Å². The molecular formula is C14H28N2O2. The summed E-state index contributed by atoms with van der Waals surface area (Å²) in [5.41, 5.74) is 0. The van der Waals surface area contributed by atoms with Crippen LogP contribution in [0.4, 0.5) is 0 Å². The van der Waals surface area contributed by atoms with Crippen molar-refractivity contribution in [2.45, 2.75) is 51.4 Å². The van der Waals surface area contributed by atoms with E-state index < -0.39 is 0 Å². The summed E-state index contributed by atoms with van der Waals surface area (Å²) in [6.07, 6.45) is 6.06. The van der Waals surface area contributed by atoms with Crippen LogP contribution in [0.25, 0.3) is 0 Å². The van der Waals surface area contributed by atoms with Gasteiger partial charge in [0.25, 0.3) is 0 Å². The summed E-state index contributed by atoms with van der Waals surface area (Å²) in [6.45, 7) is 8.45. The summed E-state index contributed by atoms with van der Waals surface area (Å²) in [7, 11) is 0. The molecule has 4 heteroatoms. The van der Waals surface area contributed by atoms with Crippen LogP contribution >= 0.6 is 0 Å². The van der Waals surface area contributed by atoms with E-state index in [1.165, 1.54) is 32.2 Å². The first kappa shape index (κ1) is 14.3. The van der Waals surface area contributed by atoms with Crippen LogP contribution in [0, 0.1) is 0 Å². The molecule has 2 aliphatic rings. The van der Waals surface area contributed by atoms with E-state index in [1.807, 2.05) is 0 Å². The normalized spacial score (nSPS) is 29.0. The summed E-state index contributed by atoms with van der Waals surface area (Å²) in [5, 5.41) is 3.44. The predicted molar refractivity (Wildman–Crippen MR) is 72.7 cm³/mol. The Labute approximate surface area is 111 Å². The third-order valence-electron chi connectivity index (χ3n) is 3.88. The van der Waals surface area contributed by atoms with Gasteiger partial charge in [-0.3, -0.25) is 4.90 Å². The van der Waals surface area contributed by atoms with Crippen LogP contribution in [0.15, 0.2) is 0 Å². The zero-order valence-corrected chi connectivity index (χ0v) is 11.7. The molecule has 2 unspecified atom stereocenters. The Morgan fingerprint density at radius 1 is 1.28 bits per heavy atom. The largest absolute Gasteiger partial charge is 0.353 e. The Morgan fingerprint density at radius 2 is 2.22 bits per heavy atom. The molecule has 4 nitrogen and oxygen atoms in total. The number of ether oxygens (including phenoxy) is 2. The van der Waals surface area contributed by atoms with E-state index >= 15 is 0 Å². The molecule has 0 radical (unpaired) electrons. The van der Waals surface area contributed by atoms with Gasteiger partial charge in [0.15, 0.2) is 6.29 Å². The molecule has 0 aromatic carbocycles. The number of hydrogen-bond acceptors (Lipinski definition) is 4. The molecule has 0 aromatic rings. The van der Waals surface area contributed by atoms with E-state index in [1.54, 1.807) is 0 Å². The van der Waals surface area contributed by atoms with E-state index in [-0.39, 0.29) is 6.29 Å². The lowest BCUT2D eigenvalue weighted by atomic mass is 10.2. The third kappa shape index (κ3) is 4.50. The molecule has 0 aromatic heterocycles. The monoisotopic (exact) mass is 256 g/mol. The van der Waals surface area contributed by atoms with Crippen LogP contribution in [0.1, 0.15) is 39.0 Å². The van der Waals surface area contributed by atoms with Gasteiger partial charge in [0.2, 0.25) is 0 Å². The Morgan fingerprint density at radius 3 is 2.89 bits per heavy atom. The Bertz CT molecular complexity index is 214. The zero-order valence-electron chi connectivity index (χ0n) is 11.7. The molecule has 2 rings (SSSR count). The van der Waals surface area contributed by atoms with Crippen LogP contribution in [0.2, 0.25) is 0 Å². The molecule has 18 heavy (non-hydrogen) atoms. The maximum absolute atomic E-state index is 5.84. The molecule has 2 saturated heterocycles. The Hall–Kier alpha value is -0.160. The highest BCUT2D eigenvalue weighted by atomic mass is 16.7. The van der Waals surface area contributed by atoms with Crippen LogP contribution in [0.5, 0.6) is 0 Å². The molecule has 0 amide bonds. The first-order valence-corrected chi connectivity index (χ1v) is 7.58. The maximum atomic E-state index is 5.84. The van der Waals surface area contributed by atoms with Gasteiger partial charge < -0.3 is 14.8 Å². The molecule has 106 valence electrons. The zero-order chi connectivity index (χ0) is 12.6. The van der Waals surface area contributed by atoms with Gasteiger partial charge in [-0.25, -0.2) is 0 Å². The fourth-order valence-corrected chi connectivity index (χ4v) is 2.86. The van der Waals surface area contributed by atoms with Gasteiger partial charge in [0.05, 0.1) is 6.61 Å². The molecule has 0 saturated carbocycles. The molecule has 0 aliphatic carbocycles. The predicted octanol–water partition coefficient (Wildman–Crippen LogP) is 1.60. The minimum Gasteiger partial charge on any atom is -0.353 e. The molecule has 2 atom stereocenters. The Kier molecular flexibility index (Phi) is 6.41. The van der Waals surface area contributed by atoms with E-state index in [4.69, 9.17) is 9.47 Å². The number of rotatable bonds is 7. The minimum atomic E-state index is 0.0592. The summed E-state index contributed by atoms with van der Waals surface area (Å²) in [5.74, 6) is 0. The van der Waals surface area contributed by atoms with Crippen LogP contribution < -0.4 is 5.32 Å². The Balaban J connectivity index is 1.64. The number of hydrogen-bond donors (Lipinski definition) is 1. The lowest BCUT2D eigenvalue weighted by molar-refractivity contribution is -0.164. The molecule has 2 heterocycles.